The van der Waals surface area contributed by atoms with E-state index in [1.54, 1.807) is 12.1 Å². The quantitative estimate of drug-likeness (QED) is 0.678. The van der Waals surface area contributed by atoms with Crippen molar-refractivity contribution in [2.45, 2.75) is 5.75 Å². The SMILES string of the molecule is COCCNC(=O)CS(=O)Cc1cccc(C(=O)O)c1. The molecule has 7 heteroatoms. The zero-order chi connectivity index (χ0) is 15.0. The first-order valence-electron chi connectivity index (χ1n) is 5.95. The molecule has 1 aromatic carbocycles. The highest BCUT2D eigenvalue weighted by molar-refractivity contribution is 7.84. The van der Waals surface area contributed by atoms with Gasteiger partial charge in [-0.15, -0.1) is 0 Å². The minimum atomic E-state index is -1.37. The number of carbonyl (C=O) groups is 2. The Bertz CT molecular complexity index is 503. The second-order valence-corrected chi connectivity index (χ2v) is 5.53. The van der Waals surface area contributed by atoms with Crippen molar-refractivity contribution in [1.29, 1.82) is 0 Å². The van der Waals surface area contributed by atoms with Crippen LogP contribution in [0.4, 0.5) is 0 Å². The van der Waals surface area contributed by atoms with Gasteiger partial charge in [-0.05, 0) is 17.7 Å². The summed E-state index contributed by atoms with van der Waals surface area (Å²) >= 11 is 0. The fraction of sp³-hybridized carbons (Fsp3) is 0.385. The van der Waals surface area contributed by atoms with Crippen molar-refractivity contribution in [3.8, 4) is 0 Å². The monoisotopic (exact) mass is 299 g/mol. The summed E-state index contributed by atoms with van der Waals surface area (Å²) in [4.78, 5) is 22.3. The van der Waals surface area contributed by atoms with Crippen LogP contribution in [0.2, 0.25) is 0 Å². The number of carbonyl (C=O) groups excluding carboxylic acids is 1. The Balaban J connectivity index is 2.48. The summed E-state index contributed by atoms with van der Waals surface area (Å²) < 4.78 is 16.6. The molecule has 0 saturated carbocycles. The lowest BCUT2D eigenvalue weighted by atomic mass is 10.1. The third-order valence-electron chi connectivity index (χ3n) is 2.42. The van der Waals surface area contributed by atoms with Crippen LogP contribution in [0.15, 0.2) is 24.3 Å². The first-order chi connectivity index (χ1) is 9.52. The maximum atomic E-state index is 11.8. The number of nitrogens with one attached hydrogen (secondary N) is 1. The number of ether oxygens (including phenoxy) is 1. The normalized spacial score (nSPS) is 11.8. The molecular formula is C13H17NO5S. The van der Waals surface area contributed by atoms with E-state index in [0.29, 0.717) is 18.7 Å². The van der Waals surface area contributed by atoms with Gasteiger partial charge in [0.2, 0.25) is 5.91 Å². The van der Waals surface area contributed by atoms with Crippen LogP contribution >= 0.6 is 0 Å². The van der Waals surface area contributed by atoms with Gasteiger partial charge in [-0.1, -0.05) is 12.1 Å². The largest absolute Gasteiger partial charge is 0.478 e. The first-order valence-corrected chi connectivity index (χ1v) is 7.44. The number of carboxylic acids is 1. The second-order valence-electron chi connectivity index (χ2n) is 4.08. The Hall–Kier alpha value is -1.73. The van der Waals surface area contributed by atoms with Crippen LogP contribution < -0.4 is 5.32 Å². The second kappa shape index (κ2) is 8.44. The molecule has 6 nitrogen and oxygen atoms in total. The van der Waals surface area contributed by atoms with E-state index in [-0.39, 0.29) is 23.0 Å². The third-order valence-corrected chi connectivity index (χ3v) is 3.66. The van der Waals surface area contributed by atoms with E-state index in [0.717, 1.165) is 0 Å². The minimum absolute atomic E-state index is 0.110. The van der Waals surface area contributed by atoms with Gasteiger partial charge in [0.1, 0.15) is 5.75 Å². The maximum absolute atomic E-state index is 11.8. The van der Waals surface area contributed by atoms with Crippen LogP contribution in [-0.2, 0) is 26.1 Å². The van der Waals surface area contributed by atoms with Gasteiger partial charge in [0.15, 0.2) is 0 Å². The van der Waals surface area contributed by atoms with Crippen LogP contribution in [0.1, 0.15) is 15.9 Å². The van der Waals surface area contributed by atoms with E-state index in [1.165, 1.54) is 19.2 Å². The number of carboxylic acid groups (broad SMARTS) is 1. The first kappa shape index (κ1) is 16.3. The maximum Gasteiger partial charge on any atom is 0.335 e. The molecule has 2 N–H and O–H groups in total. The van der Waals surface area contributed by atoms with Crippen molar-refractivity contribution in [3.63, 3.8) is 0 Å². The van der Waals surface area contributed by atoms with E-state index >= 15 is 0 Å². The lowest BCUT2D eigenvalue weighted by molar-refractivity contribution is -0.118. The van der Waals surface area contributed by atoms with Gasteiger partial charge >= 0.3 is 5.97 Å². The highest BCUT2D eigenvalue weighted by Gasteiger charge is 2.10. The number of rotatable bonds is 8. The fourth-order valence-corrected chi connectivity index (χ4v) is 2.57. The van der Waals surface area contributed by atoms with Gasteiger partial charge in [-0.3, -0.25) is 9.00 Å². The molecule has 0 heterocycles. The number of hydrogen-bond acceptors (Lipinski definition) is 4. The highest BCUT2D eigenvalue weighted by atomic mass is 32.2. The van der Waals surface area contributed by atoms with Gasteiger partial charge in [-0.25, -0.2) is 4.79 Å². The number of amides is 1. The summed E-state index contributed by atoms with van der Waals surface area (Å²) in [6, 6.07) is 6.21. The summed E-state index contributed by atoms with van der Waals surface area (Å²) in [6.07, 6.45) is 0. The van der Waals surface area contributed by atoms with Crippen molar-refractivity contribution < 1.29 is 23.6 Å². The molecule has 0 aliphatic heterocycles. The summed E-state index contributed by atoms with van der Waals surface area (Å²) in [5.74, 6) is -1.30. The Morgan fingerprint density at radius 3 is 2.80 bits per heavy atom. The Labute approximate surface area is 119 Å². The molecule has 110 valence electrons. The van der Waals surface area contributed by atoms with Crippen molar-refractivity contribution in [2.24, 2.45) is 0 Å². The topological polar surface area (TPSA) is 92.7 Å². The van der Waals surface area contributed by atoms with E-state index in [1.807, 2.05) is 0 Å². The van der Waals surface area contributed by atoms with Gasteiger partial charge in [0, 0.05) is 30.2 Å². The fourth-order valence-electron chi connectivity index (χ4n) is 1.52. The highest BCUT2D eigenvalue weighted by Crippen LogP contribution is 2.08. The van der Waals surface area contributed by atoms with Gasteiger partial charge in [0.05, 0.1) is 12.2 Å². The van der Waals surface area contributed by atoms with Crippen molar-refractivity contribution in [2.75, 3.05) is 26.0 Å². The molecule has 1 atom stereocenters. The van der Waals surface area contributed by atoms with Crippen LogP contribution in [0, 0.1) is 0 Å². The van der Waals surface area contributed by atoms with Crippen molar-refractivity contribution in [3.05, 3.63) is 35.4 Å². The van der Waals surface area contributed by atoms with E-state index in [2.05, 4.69) is 5.32 Å². The molecule has 1 rings (SSSR count). The van der Waals surface area contributed by atoms with Crippen LogP contribution in [0.3, 0.4) is 0 Å². The summed E-state index contributed by atoms with van der Waals surface area (Å²) in [6.45, 7) is 0.778. The molecule has 0 bridgehead atoms. The predicted octanol–water partition coefficient (Wildman–Crippen LogP) is 0.396. The van der Waals surface area contributed by atoms with Crippen LogP contribution in [0.25, 0.3) is 0 Å². The van der Waals surface area contributed by atoms with Crippen molar-refractivity contribution >= 4 is 22.7 Å². The lowest BCUT2D eigenvalue weighted by Crippen LogP contribution is -2.31. The Morgan fingerprint density at radius 2 is 2.15 bits per heavy atom. The van der Waals surface area contributed by atoms with Gasteiger partial charge in [-0.2, -0.15) is 0 Å². The number of hydrogen-bond donors (Lipinski definition) is 2. The average molecular weight is 299 g/mol. The van der Waals surface area contributed by atoms with E-state index < -0.39 is 16.8 Å². The molecule has 1 amide bonds. The van der Waals surface area contributed by atoms with Crippen molar-refractivity contribution in [1.82, 2.24) is 5.32 Å². The average Bonchev–Trinajstić information content (AvgIpc) is 2.39. The Kier molecular flexibility index (Phi) is 6.89. The number of aromatic carboxylic acids is 1. The van der Waals surface area contributed by atoms with Crippen LogP contribution in [0.5, 0.6) is 0 Å². The number of methoxy groups -OCH3 is 1. The molecule has 0 aliphatic carbocycles. The molecule has 0 spiro atoms. The lowest BCUT2D eigenvalue weighted by Gasteiger charge is -2.05. The van der Waals surface area contributed by atoms with E-state index in [4.69, 9.17) is 9.84 Å². The molecule has 0 aliphatic rings. The molecule has 0 radical (unpaired) electrons. The molecule has 0 saturated heterocycles. The zero-order valence-corrected chi connectivity index (χ0v) is 11.9. The van der Waals surface area contributed by atoms with E-state index in [9.17, 15) is 13.8 Å². The van der Waals surface area contributed by atoms with Gasteiger partial charge in [0.25, 0.3) is 0 Å². The summed E-state index contributed by atoms with van der Waals surface area (Å²) in [5, 5.41) is 11.4. The molecule has 20 heavy (non-hydrogen) atoms. The minimum Gasteiger partial charge on any atom is -0.478 e. The zero-order valence-electron chi connectivity index (χ0n) is 11.1. The summed E-state index contributed by atoms with van der Waals surface area (Å²) in [7, 11) is 0.154. The molecule has 1 unspecified atom stereocenters. The Morgan fingerprint density at radius 1 is 1.40 bits per heavy atom. The predicted molar refractivity (Wildman–Crippen MR) is 75.0 cm³/mol. The third kappa shape index (κ3) is 5.94. The standard InChI is InChI=1S/C13H17NO5S/c1-19-6-5-14-12(15)9-20(18)8-10-3-2-4-11(7-10)13(16)17/h2-4,7H,5-6,8-9H2,1H3,(H,14,15)(H,16,17). The number of benzene rings is 1. The van der Waals surface area contributed by atoms with Crippen LogP contribution in [-0.4, -0.2) is 47.2 Å². The molecule has 0 aromatic heterocycles. The molecule has 0 fully saturated rings. The smallest absolute Gasteiger partial charge is 0.335 e. The molecule has 1 aromatic rings. The molecular weight excluding hydrogens is 282 g/mol. The van der Waals surface area contributed by atoms with Gasteiger partial charge < -0.3 is 15.2 Å². The summed E-state index contributed by atoms with van der Waals surface area (Å²) in [5.41, 5.74) is 0.775.